The lowest BCUT2D eigenvalue weighted by atomic mass is 10.1. The molecule has 0 aromatic heterocycles. The zero-order valence-electron chi connectivity index (χ0n) is 20.3. The number of nitrogens with one attached hydrogen (secondary N) is 3. The first-order valence-electron chi connectivity index (χ1n) is 11.2. The van der Waals surface area contributed by atoms with Gasteiger partial charge in [0.25, 0.3) is 0 Å². The molecule has 10 nitrogen and oxygen atoms in total. The first kappa shape index (κ1) is 29.5. The lowest BCUT2D eigenvalue weighted by molar-refractivity contribution is -0.137. The van der Waals surface area contributed by atoms with Crippen molar-refractivity contribution in [1.82, 2.24) is 16.0 Å². The molecule has 0 unspecified atom stereocenters. The quantitative estimate of drug-likeness (QED) is 0.309. The van der Waals surface area contributed by atoms with Crippen LogP contribution in [-0.4, -0.2) is 59.5 Å². The highest BCUT2D eigenvalue weighted by molar-refractivity contribution is 5.85. The van der Waals surface area contributed by atoms with Gasteiger partial charge in [0, 0.05) is 19.5 Å². The summed E-state index contributed by atoms with van der Waals surface area (Å²) in [6, 6.07) is -0.773. The summed E-state index contributed by atoms with van der Waals surface area (Å²) < 4.78 is 10.4. The molecule has 0 rings (SSSR count). The first-order valence-corrected chi connectivity index (χ1v) is 11.2. The number of aliphatic carboxylic acids is 1. The second-order valence-corrected chi connectivity index (χ2v) is 9.62. The fourth-order valence-electron chi connectivity index (χ4n) is 2.61. The van der Waals surface area contributed by atoms with Crippen LogP contribution in [0.15, 0.2) is 0 Å². The second kappa shape index (κ2) is 14.5. The number of amides is 3. The Bertz CT molecular complexity index is 610. The Labute approximate surface area is 191 Å². The average molecular weight is 460 g/mol. The van der Waals surface area contributed by atoms with E-state index in [9.17, 15) is 19.2 Å². The summed E-state index contributed by atoms with van der Waals surface area (Å²) in [5.41, 5.74) is -1.26. The normalized spacial score (nSPS) is 12.4. The predicted octanol–water partition coefficient (Wildman–Crippen LogP) is 3.34. The van der Waals surface area contributed by atoms with Crippen LogP contribution in [0, 0.1) is 0 Å². The topological polar surface area (TPSA) is 143 Å². The molecule has 0 saturated carbocycles. The highest BCUT2D eigenvalue weighted by atomic mass is 16.6. The van der Waals surface area contributed by atoms with Crippen LogP contribution >= 0.6 is 0 Å². The molecule has 0 aromatic rings. The Morgan fingerprint density at radius 1 is 0.750 bits per heavy atom. The van der Waals surface area contributed by atoms with E-state index in [4.69, 9.17) is 14.6 Å². The highest BCUT2D eigenvalue weighted by Gasteiger charge is 2.24. The summed E-state index contributed by atoms with van der Waals surface area (Å²) in [6.45, 7) is 11.3. The maximum atomic E-state index is 12.5. The molecular weight excluding hydrogens is 418 g/mol. The van der Waals surface area contributed by atoms with Gasteiger partial charge in [-0.25, -0.2) is 9.59 Å². The Morgan fingerprint density at radius 3 is 1.84 bits per heavy atom. The molecule has 0 spiro atoms. The lowest BCUT2D eigenvalue weighted by Crippen LogP contribution is -2.48. The van der Waals surface area contributed by atoms with Gasteiger partial charge in [-0.2, -0.15) is 0 Å². The number of carbonyl (C=O) groups is 4. The van der Waals surface area contributed by atoms with Crippen LogP contribution in [0.5, 0.6) is 0 Å². The van der Waals surface area contributed by atoms with Crippen LogP contribution in [0.3, 0.4) is 0 Å². The maximum absolute atomic E-state index is 12.5. The summed E-state index contributed by atoms with van der Waals surface area (Å²) in [7, 11) is 0. The van der Waals surface area contributed by atoms with Crippen molar-refractivity contribution in [3.05, 3.63) is 0 Å². The molecule has 0 bridgehead atoms. The predicted molar refractivity (Wildman–Crippen MR) is 120 cm³/mol. The number of carboxylic acids is 1. The molecule has 0 aromatic carbocycles. The Balaban J connectivity index is 4.50. The number of hydrogen-bond acceptors (Lipinski definition) is 6. The van der Waals surface area contributed by atoms with E-state index in [0.717, 1.165) is 0 Å². The fraction of sp³-hybridized carbons (Fsp3) is 0.818. The van der Waals surface area contributed by atoms with Gasteiger partial charge in [-0.1, -0.05) is 6.42 Å². The minimum Gasteiger partial charge on any atom is -0.481 e. The van der Waals surface area contributed by atoms with Crippen molar-refractivity contribution in [2.24, 2.45) is 0 Å². The van der Waals surface area contributed by atoms with Crippen LogP contribution in [0.4, 0.5) is 9.59 Å². The molecular formula is C22H41N3O7. The third kappa shape index (κ3) is 18.3. The van der Waals surface area contributed by atoms with E-state index in [-0.39, 0.29) is 12.3 Å². The number of ether oxygens (including phenoxy) is 2. The van der Waals surface area contributed by atoms with Crippen LogP contribution in [0.25, 0.3) is 0 Å². The number of unbranched alkanes of at least 4 members (excludes halogenated alkanes) is 3. The van der Waals surface area contributed by atoms with Gasteiger partial charge in [0.15, 0.2) is 0 Å². The number of carbonyl (C=O) groups excluding carboxylic acids is 3. The van der Waals surface area contributed by atoms with E-state index in [1.165, 1.54) is 0 Å². The summed E-state index contributed by atoms with van der Waals surface area (Å²) >= 11 is 0. The number of hydrogen-bond donors (Lipinski definition) is 4. The van der Waals surface area contributed by atoms with Crippen molar-refractivity contribution >= 4 is 24.1 Å². The van der Waals surface area contributed by atoms with Crippen molar-refractivity contribution in [3.8, 4) is 0 Å². The summed E-state index contributed by atoms with van der Waals surface area (Å²) in [5, 5.41) is 16.7. The minimum absolute atomic E-state index is 0.105. The fourth-order valence-corrected chi connectivity index (χ4v) is 2.61. The minimum atomic E-state index is -0.836. The van der Waals surface area contributed by atoms with E-state index in [1.807, 2.05) is 0 Å². The van der Waals surface area contributed by atoms with Gasteiger partial charge < -0.3 is 30.5 Å². The molecule has 0 fully saturated rings. The Morgan fingerprint density at radius 2 is 1.28 bits per heavy atom. The monoisotopic (exact) mass is 459 g/mol. The van der Waals surface area contributed by atoms with Gasteiger partial charge in [-0.15, -0.1) is 0 Å². The van der Waals surface area contributed by atoms with Crippen LogP contribution in [-0.2, 0) is 19.1 Å². The van der Waals surface area contributed by atoms with Crippen molar-refractivity contribution in [2.75, 3.05) is 13.1 Å². The molecule has 10 heteroatoms. The Hall–Kier alpha value is -2.52. The standard InChI is InChI=1S/C22H41N3O7/c1-21(2,3)31-19(29)24-15-11-9-12-16(25-20(30)32-22(4,5)6)18(28)23-14-10-7-8-13-17(26)27/h16H,7-15H2,1-6H3,(H,23,28)(H,24,29)(H,25,30)(H,26,27)/t16-/m0/s1. The summed E-state index contributed by atoms with van der Waals surface area (Å²) in [6.07, 6.45) is 2.39. The highest BCUT2D eigenvalue weighted by Crippen LogP contribution is 2.09. The van der Waals surface area contributed by atoms with Gasteiger partial charge in [0.1, 0.15) is 17.2 Å². The molecule has 4 N–H and O–H groups in total. The summed E-state index contributed by atoms with van der Waals surface area (Å²) in [5.74, 6) is -1.16. The van der Waals surface area contributed by atoms with Crippen molar-refractivity contribution < 1.29 is 33.8 Å². The number of alkyl carbamates (subject to hydrolysis) is 2. The van der Waals surface area contributed by atoms with Gasteiger partial charge in [0.2, 0.25) is 5.91 Å². The van der Waals surface area contributed by atoms with E-state index >= 15 is 0 Å². The van der Waals surface area contributed by atoms with Crippen molar-refractivity contribution in [2.45, 2.75) is 104 Å². The van der Waals surface area contributed by atoms with Crippen LogP contribution < -0.4 is 16.0 Å². The third-order valence-electron chi connectivity index (χ3n) is 3.96. The zero-order valence-corrected chi connectivity index (χ0v) is 20.3. The third-order valence-corrected chi connectivity index (χ3v) is 3.96. The van der Waals surface area contributed by atoms with Gasteiger partial charge in [-0.3, -0.25) is 9.59 Å². The Kier molecular flexibility index (Phi) is 13.4. The van der Waals surface area contributed by atoms with E-state index in [1.54, 1.807) is 41.5 Å². The van der Waals surface area contributed by atoms with E-state index in [0.29, 0.717) is 51.6 Å². The van der Waals surface area contributed by atoms with Gasteiger partial charge in [0.05, 0.1) is 0 Å². The number of rotatable bonds is 13. The van der Waals surface area contributed by atoms with E-state index < -0.39 is 35.4 Å². The smallest absolute Gasteiger partial charge is 0.408 e. The van der Waals surface area contributed by atoms with Gasteiger partial charge in [-0.05, 0) is 73.6 Å². The van der Waals surface area contributed by atoms with E-state index in [2.05, 4.69) is 16.0 Å². The molecule has 32 heavy (non-hydrogen) atoms. The molecule has 3 amide bonds. The van der Waals surface area contributed by atoms with Crippen molar-refractivity contribution in [1.29, 1.82) is 0 Å². The van der Waals surface area contributed by atoms with Crippen LogP contribution in [0.2, 0.25) is 0 Å². The van der Waals surface area contributed by atoms with Crippen molar-refractivity contribution in [3.63, 3.8) is 0 Å². The molecule has 0 heterocycles. The second-order valence-electron chi connectivity index (χ2n) is 9.62. The largest absolute Gasteiger partial charge is 0.481 e. The zero-order chi connectivity index (χ0) is 24.8. The SMILES string of the molecule is CC(C)(C)OC(=O)NCCCC[C@H](NC(=O)OC(C)(C)C)C(=O)NCCCCCC(=O)O. The van der Waals surface area contributed by atoms with Crippen LogP contribution in [0.1, 0.15) is 86.5 Å². The molecule has 0 radical (unpaired) electrons. The molecule has 1 atom stereocenters. The lowest BCUT2D eigenvalue weighted by Gasteiger charge is -2.23. The maximum Gasteiger partial charge on any atom is 0.408 e. The molecule has 0 aliphatic carbocycles. The number of carboxylic acid groups (broad SMARTS) is 1. The molecule has 0 aliphatic rings. The molecule has 0 saturated heterocycles. The van der Waals surface area contributed by atoms with Gasteiger partial charge >= 0.3 is 18.2 Å². The molecule has 186 valence electrons. The summed E-state index contributed by atoms with van der Waals surface area (Å²) in [4.78, 5) is 46.9. The first-order chi connectivity index (χ1) is 14.7. The average Bonchev–Trinajstić information content (AvgIpc) is 2.59. The molecule has 0 aliphatic heterocycles.